The molecule has 0 aliphatic heterocycles. The van der Waals surface area contributed by atoms with Crippen LogP contribution >= 0.6 is 0 Å². The lowest BCUT2D eigenvalue weighted by Crippen LogP contribution is -2.35. The molecule has 4 nitrogen and oxygen atoms in total. The highest BCUT2D eigenvalue weighted by Gasteiger charge is 2.13. The molecule has 0 aliphatic rings. The molecule has 0 spiro atoms. The number of hydrogen-bond donors (Lipinski definition) is 3. The number of aliphatic hydroxyl groups excluding tert-OH is 1. The van der Waals surface area contributed by atoms with E-state index in [4.69, 9.17) is 5.73 Å². The Hall–Kier alpha value is -1.55. The fourth-order valence-electron chi connectivity index (χ4n) is 1.23. The summed E-state index contributed by atoms with van der Waals surface area (Å²) in [7, 11) is 0. The fourth-order valence-corrected chi connectivity index (χ4v) is 1.23. The van der Waals surface area contributed by atoms with Crippen molar-refractivity contribution in [2.24, 2.45) is 5.92 Å². The van der Waals surface area contributed by atoms with Gasteiger partial charge in [-0.2, -0.15) is 0 Å². The van der Waals surface area contributed by atoms with Gasteiger partial charge in [0, 0.05) is 12.2 Å². The molecule has 0 saturated carbocycles. The number of para-hydroxylation sites is 1. The molecule has 1 amide bonds. The van der Waals surface area contributed by atoms with Crippen molar-refractivity contribution >= 4 is 11.6 Å². The van der Waals surface area contributed by atoms with Crippen LogP contribution in [0, 0.1) is 5.92 Å². The Balaban J connectivity index is 2.57. The largest absolute Gasteiger partial charge is 0.398 e. The van der Waals surface area contributed by atoms with E-state index in [1.807, 2.05) is 13.8 Å². The third-order valence-corrected chi connectivity index (χ3v) is 2.45. The first-order chi connectivity index (χ1) is 7.52. The van der Waals surface area contributed by atoms with E-state index >= 15 is 0 Å². The molecule has 0 heterocycles. The number of anilines is 1. The van der Waals surface area contributed by atoms with E-state index in [-0.39, 0.29) is 18.4 Å². The number of nitrogen functional groups attached to an aromatic ring is 1. The lowest BCUT2D eigenvalue weighted by Gasteiger charge is -2.15. The van der Waals surface area contributed by atoms with Gasteiger partial charge in [0.1, 0.15) is 0 Å². The molecule has 4 N–H and O–H groups in total. The zero-order valence-electron chi connectivity index (χ0n) is 9.60. The van der Waals surface area contributed by atoms with Crippen LogP contribution in [0.2, 0.25) is 0 Å². The van der Waals surface area contributed by atoms with Gasteiger partial charge in [-0.3, -0.25) is 4.79 Å². The van der Waals surface area contributed by atoms with E-state index in [1.54, 1.807) is 24.3 Å². The number of nitrogens with two attached hydrogens (primary N) is 1. The molecule has 1 atom stereocenters. The maximum absolute atomic E-state index is 11.7. The third-order valence-electron chi connectivity index (χ3n) is 2.45. The van der Waals surface area contributed by atoms with E-state index in [0.29, 0.717) is 11.3 Å². The Bertz CT molecular complexity index is 364. The molecular formula is C12H18N2O2. The van der Waals surface area contributed by atoms with Crippen molar-refractivity contribution in [3.63, 3.8) is 0 Å². The van der Waals surface area contributed by atoms with Crippen molar-refractivity contribution in [1.82, 2.24) is 5.32 Å². The van der Waals surface area contributed by atoms with Gasteiger partial charge in [-0.1, -0.05) is 26.0 Å². The summed E-state index contributed by atoms with van der Waals surface area (Å²) in [5.74, 6) is -0.133. The van der Waals surface area contributed by atoms with Gasteiger partial charge in [0.25, 0.3) is 5.91 Å². The van der Waals surface area contributed by atoms with Gasteiger partial charge in [-0.05, 0) is 18.1 Å². The van der Waals surface area contributed by atoms with Crippen molar-refractivity contribution in [3.8, 4) is 0 Å². The Kier molecular flexibility index (Phi) is 4.31. The van der Waals surface area contributed by atoms with Gasteiger partial charge in [0.05, 0.1) is 11.7 Å². The topological polar surface area (TPSA) is 75.3 Å². The lowest BCUT2D eigenvalue weighted by molar-refractivity contribution is 0.0872. The highest BCUT2D eigenvalue weighted by atomic mass is 16.3. The van der Waals surface area contributed by atoms with Crippen LogP contribution in [0.4, 0.5) is 5.69 Å². The first-order valence-corrected chi connectivity index (χ1v) is 5.33. The van der Waals surface area contributed by atoms with Crippen molar-refractivity contribution in [1.29, 1.82) is 0 Å². The number of aliphatic hydroxyl groups is 1. The lowest BCUT2D eigenvalue weighted by atomic mass is 10.1. The molecule has 0 aliphatic carbocycles. The summed E-state index contributed by atoms with van der Waals surface area (Å²) in [6, 6.07) is 6.86. The second-order valence-electron chi connectivity index (χ2n) is 4.11. The first-order valence-electron chi connectivity index (χ1n) is 5.33. The van der Waals surface area contributed by atoms with Crippen LogP contribution < -0.4 is 11.1 Å². The van der Waals surface area contributed by atoms with Crippen molar-refractivity contribution in [2.45, 2.75) is 20.0 Å². The number of carbonyl (C=O) groups is 1. The Labute approximate surface area is 95.5 Å². The van der Waals surface area contributed by atoms with Crippen LogP contribution in [0.1, 0.15) is 24.2 Å². The van der Waals surface area contributed by atoms with Crippen LogP contribution in [-0.4, -0.2) is 23.7 Å². The maximum Gasteiger partial charge on any atom is 0.253 e. The first kappa shape index (κ1) is 12.5. The highest BCUT2D eigenvalue weighted by Crippen LogP contribution is 2.10. The molecule has 0 saturated heterocycles. The van der Waals surface area contributed by atoms with Crippen LogP contribution in [0.15, 0.2) is 24.3 Å². The van der Waals surface area contributed by atoms with Crippen LogP contribution in [0.3, 0.4) is 0 Å². The molecule has 1 aromatic carbocycles. The highest BCUT2D eigenvalue weighted by molar-refractivity contribution is 5.99. The molecular weight excluding hydrogens is 204 g/mol. The number of hydrogen-bond acceptors (Lipinski definition) is 3. The average Bonchev–Trinajstić information content (AvgIpc) is 2.25. The van der Waals surface area contributed by atoms with E-state index in [0.717, 1.165) is 0 Å². The molecule has 88 valence electrons. The maximum atomic E-state index is 11.7. The summed E-state index contributed by atoms with van der Waals surface area (Å²) < 4.78 is 0. The summed E-state index contributed by atoms with van der Waals surface area (Å²) in [5.41, 5.74) is 6.55. The zero-order chi connectivity index (χ0) is 12.1. The number of benzene rings is 1. The van der Waals surface area contributed by atoms with E-state index in [2.05, 4.69) is 5.32 Å². The molecule has 1 unspecified atom stereocenters. The van der Waals surface area contributed by atoms with Crippen molar-refractivity contribution < 1.29 is 9.90 Å². The normalized spacial score (nSPS) is 12.5. The second-order valence-corrected chi connectivity index (χ2v) is 4.11. The van der Waals surface area contributed by atoms with Crippen molar-refractivity contribution in [2.75, 3.05) is 12.3 Å². The Morgan fingerprint density at radius 3 is 2.62 bits per heavy atom. The van der Waals surface area contributed by atoms with Gasteiger partial charge in [0.2, 0.25) is 0 Å². The van der Waals surface area contributed by atoms with Gasteiger partial charge in [-0.25, -0.2) is 0 Å². The fraction of sp³-hybridized carbons (Fsp3) is 0.417. The van der Waals surface area contributed by atoms with Crippen LogP contribution in [-0.2, 0) is 0 Å². The van der Waals surface area contributed by atoms with Crippen molar-refractivity contribution in [3.05, 3.63) is 29.8 Å². The summed E-state index contributed by atoms with van der Waals surface area (Å²) in [6.07, 6.45) is -0.533. The molecule has 0 bridgehead atoms. The molecule has 1 rings (SSSR count). The van der Waals surface area contributed by atoms with Gasteiger partial charge >= 0.3 is 0 Å². The van der Waals surface area contributed by atoms with Crippen LogP contribution in [0.25, 0.3) is 0 Å². The monoisotopic (exact) mass is 222 g/mol. The molecule has 0 aromatic heterocycles. The zero-order valence-corrected chi connectivity index (χ0v) is 9.60. The van der Waals surface area contributed by atoms with Crippen LogP contribution in [0.5, 0.6) is 0 Å². The van der Waals surface area contributed by atoms with E-state index in [9.17, 15) is 9.90 Å². The van der Waals surface area contributed by atoms with E-state index in [1.165, 1.54) is 0 Å². The summed E-state index contributed by atoms with van der Waals surface area (Å²) in [5, 5.41) is 12.2. The molecule has 1 aromatic rings. The number of carbonyl (C=O) groups excluding carboxylic acids is 1. The van der Waals surface area contributed by atoms with E-state index < -0.39 is 6.10 Å². The third kappa shape index (κ3) is 3.24. The molecule has 16 heavy (non-hydrogen) atoms. The quantitative estimate of drug-likeness (QED) is 0.666. The van der Waals surface area contributed by atoms with Gasteiger partial charge < -0.3 is 16.2 Å². The summed E-state index contributed by atoms with van der Waals surface area (Å²) in [6.45, 7) is 4.03. The van der Waals surface area contributed by atoms with Gasteiger partial charge in [-0.15, -0.1) is 0 Å². The summed E-state index contributed by atoms with van der Waals surface area (Å²) >= 11 is 0. The Morgan fingerprint density at radius 1 is 1.44 bits per heavy atom. The minimum Gasteiger partial charge on any atom is -0.398 e. The second kappa shape index (κ2) is 5.51. The number of rotatable bonds is 4. The SMILES string of the molecule is CC(C)C(O)CNC(=O)c1ccccc1N. The predicted octanol–water partition coefficient (Wildman–Crippen LogP) is 1.02. The number of nitrogens with one attached hydrogen (secondary N) is 1. The van der Waals surface area contributed by atoms with Gasteiger partial charge in [0.15, 0.2) is 0 Å². The minimum absolute atomic E-state index is 0.119. The number of amides is 1. The Morgan fingerprint density at radius 2 is 2.06 bits per heavy atom. The summed E-state index contributed by atoms with van der Waals surface area (Å²) in [4.78, 5) is 11.7. The standard InChI is InChI=1S/C12H18N2O2/c1-8(2)11(15)7-14-12(16)9-5-3-4-6-10(9)13/h3-6,8,11,15H,7,13H2,1-2H3,(H,14,16). The predicted molar refractivity (Wildman–Crippen MR) is 64.0 cm³/mol. The average molecular weight is 222 g/mol. The minimum atomic E-state index is -0.533. The molecule has 4 heteroatoms. The molecule has 0 radical (unpaired) electrons. The smallest absolute Gasteiger partial charge is 0.253 e. The molecule has 0 fully saturated rings.